The van der Waals surface area contributed by atoms with Crippen LogP contribution in [0.3, 0.4) is 0 Å². The second-order valence-corrected chi connectivity index (χ2v) is 7.24. The molecule has 140 valence electrons. The van der Waals surface area contributed by atoms with E-state index in [2.05, 4.69) is 21.7 Å². The van der Waals surface area contributed by atoms with Crippen molar-refractivity contribution in [1.82, 2.24) is 20.4 Å². The Labute approximate surface area is 157 Å². The predicted molar refractivity (Wildman–Crippen MR) is 95.8 cm³/mol. The van der Waals surface area contributed by atoms with Gasteiger partial charge in [0.1, 0.15) is 5.75 Å². The Morgan fingerprint density at radius 1 is 1.41 bits per heavy atom. The van der Waals surface area contributed by atoms with E-state index in [1.165, 1.54) is 0 Å². The van der Waals surface area contributed by atoms with Gasteiger partial charge in [-0.3, -0.25) is 4.79 Å². The molecule has 2 fully saturated rings. The highest BCUT2D eigenvalue weighted by molar-refractivity contribution is 5.90. The Morgan fingerprint density at radius 3 is 2.93 bits per heavy atom. The summed E-state index contributed by atoms with van der Waals surface area (Å²) < 4.78 is 11.5. The molecule has 2 atom stereocenters. The van der Waals surface area contributed by atoms with Crippen molar-refractivity contribution >= 4 is 5.91 Å². The van der Waals surface area contributed by atoms with Crippen LogP contribution in [0.5, 0.6) is 5.75 Å². The van der Waals surface area contributed by atoms with Gasteiger partial charge in [0.15, 0.2) is 6.19 Å². The van der Waals surface area contributed by atoms with Crippen LogP contribution in [0.25, 0.3) is 11.5 Å². The summed E-state index contributed by atoms with van der Waals surface area (Å²) in [7, 11) is 0. The average molecular weight is 367 g/mol. The van der Waals surface area contributed by atoms with E-state index in [0.29, 0.717) is 24.3 Å². The third kappa shape index (κ3) is 3.72. The number of nitrogens with zero attached hydrogens (tertiary/aromatic N) is 4. The first kappa shape index (κ1) is 17.3. The first-order chi connectivity index (χ1) is 13.0. The molecule has 8 nitrogen and oxygen atoms in total. The van der Waals surface area contributed by atoms with E-state index in [1.807, 2.05) is 32.0 Å². The number of carbonyl (C=O) groups is 1. The number of aryl methyl sites for hydroxylation is 1. The Morgan fingerprint density at radius 2 is 2.22 bits per heavy atom. The van der Waals surface area contributed by atoms with Crippen molar-refractivity contribution in [3.63, 3.8) is 0 Å². The summed E-state index contributed by atoms with van der Waals surface area (Å²) in [5.74, 6) is 0.431. The Balaban J connectivity index is 1.49. The van der Waals surface area contributed by atoms with Crippen molar-refractivity contribution in [3.05, 3.63) is 29.7 Å². The molecule has 4 rings (SSSR count). The molecule has 0 unspecified atom stereocenters. The molecule has 0 bridgehead atoms. The maximum absolute atomic E-state index is 12.4. The normalized spacial score (nSPS) is 21.7. The van der Waals surface area contributed by atoms with E-state index >= 15 is 0 Å². The van der Waals surface area contributed by atoms with Crippen molar-refractivity contribution in [2.45, 2.75) is 51.3 Å². The topological polar surface area (TPSA) is 104 Å². The Bertz CT molecular complexity index is 899. The number of nitriles is 1. The molecule has 1 saturated carbocycles. The molecule has 0 radical (unpaired) electrons. The molecule has 1 aliphatic carbocycles. The molecular formula is C19H21N5O3. The molecule has 0 spiro atoms. The summed E-state index contributed by atoms with van der Waals surface area (Å²) >= 11 is 0. The highest BCUT2D eigenvalue weighted by Crippen LogP contribution is 2.35. The van der Waals surface area contributed by atoms with Gasteiger partial charge >= 0.3 is 11.8 Å². The fourth-order valence-electron chi connectivity index (χ4n) is 3.23. The summed E-state index contributed by atoms with van der Waals surface area (Å²) in [6.07, 6.45) is 5.17. The van der Waals surface area contributed by atoms with Crippen LogP contribution in [-0.2, 0) is 0 Å². The van der Waals surface area contributed by atoms with Crippen LogP contribution >= 0.6 is 0 Å². The van der Waals surface area contributed by atoms with E-state index < -0.39 is 5.91 Å². The number of carbonyl (C=O) groups excluding carboxylic acids is 1. The molecule has 1 saturated heterocycles. The first-order valence-corrected chi connectivity index (χ1v) is 9.12. The Kier molecular flexibility index (Phi) is 4.44. The van der Waals surface area contributed by atoms with Gasteiger partial charge in [-0.15, -0.1) is 10.2 Å². The molecule has 1 amide bonds. The summed E-state index contributed by atoms with van der Waals surface area (Å²) in [6, 6.07) is 5.76. The van der Waals surface area contributed by atoms with Gasteiger partial charge in [-0.1, -0.05) is 11.6 Å². The van der Waals surface area contributed by atoms with Gasteiger partial charge in [-0.25, -0.2) is 0 Å². The van der Waals surface area contributed by atoms with E-state index in [9.17, 15) is 4.79 Å². The molecular weight excluding hydrogens is 346 g/mol. The molecule has 2 aliphatic rings. The number of nitrogens with one attached hydrogen (secondary N) is 1. The lowest BCUT2D eigenvalue weighted by atomic mass is 10.1. The number of aromatic nitrogens is 2. The SMILES string of the molecule is Cc1ccc(OC2CC2)c(-c2nnc(C(=O)N[C@@H]3C[C@H](C)N(C#N)C3)o2)c1. The molecule has 8 heteroatoms. The van der Waals surface area contributed by atoms with Crippen molar-refractivity contribution in [1.29, 1.82) is 5.26 Å². The molecule has 1 aliphatic heterocycles. The lowest BCUT2D eigenvalue weighted by Crippen LogP contribution is -2.36. The number of ether oxygens (including phenoxy) is 1. The van der Waals surface area contributed by atoms with Gasteiger partial charge in [-0.05, 0) is 45.2 Å². The lowest BCUT2D eigenvalue weighted by Gasteiger charge is -2.11. The predicted octanol–water partition coefficient (Wildman–Crippen LogP) is 2.26. The van der Waals surface area contributed by atoms with E-state index in [0.717, 1.165) is 18.4 Å². The van der Waals surface area contributed by atoms with Crippen molar-refractivity contribution in [2.24, 2.45) is 0 Å². The maximum Gasteiger partial charge on any atom is 0.309 e. The zero-order valence-electron chi connectivity index (χ0n) is 15.3. The van der Waals surface area contributed by atoms with Gasteiger partial charge in [0.2, 0.25) is 0 Å². The molecule has 27 heavy (non-hydrogen) atoms. The molecule has 2 aromatic rings. The van der Waals surface area contributed by atoms with Gasteiger partial charge in [0.25, 0.3) is 5.89 Å². The molecule has 1 aromatic carbocycles. The summed E-state index contributed by atoms with van der Waals surface area (Å²) in [4.78, 5) is 14.1. The summed E-state index contributed by atoms with van der Waals surface area (Å²) in [5.41, 5.74) is 1.73. The van der Waals surface area contributed by atoms with Gasteiger partial charge in [0, 0.05) is 18.6 Å². The third-order valence-corrected chi connectivity index (χ3v) is 4.84. The van der Waals surface area contributed by atoms with Crippen LogP contribution in [0.2, 0.25) is 0 Å². The second kappa shape index (κ2) is 6.91. The van der Waals surface area contributed by atoms with Gasteiger partial charge < -0.3 is 19.4 Å². The van der Waals surface area contributed by atoms with Crippen LogP contribution in [0.1, 0.15) is 42.4 Å². The number of rotatable bonds is 5. The van der Waals surface area contributed by atoms with Crippen molar-refractivity contribution in [2.75, 3.05) is 6.54 Å². The van der Waals surface area contributed by atoms with Crippen LogP contribution < -0.4 is 10.1 Å². The van der Waals surface area contributed by atoms with Gasteiger partial charge in [0.05, 0.1) is 11.7 Å². The zero-order valence-corrected chi connectivity index (χ0v) is 15.3. The standard InChI is InChI=1S/C19H21N5O3/c1-11-3-6-16(26-14-4-5-14)15(7-11)18-22-23-19(27-18)17(25)21-13-8-12(2)24(9-13)10-20/h3,6-7,12-14H,4-5,8-9H2,1-2H3,(H,21,25)/t12-,13+/m0/s1. The minimum Gasteiger partial charge on any atom is -0.490 e. The number of hydrogen-bond donors (Lipinski definition) is 1. The molecule has 2 heterocycles. The van der Waals surface area contributed by atoms with Gasteiger partial charge in [-0.2, -0.15) is 5.26 Å². The van der Waals surface area contributed by atoms with E-state index in [1.54, 1.807) is 4.90 Å². The van der Waals surface area contributed by atoms with Crippen molar-refractivity contribution < 1.29 is 13.9 Å². The fraction of sp³-hybridized carbons (Fsp3) is 0.474. The minimum atomic E-state index is -0.428. The fourth-order valence-corrected chi connectivity index (χ4v) is 3.23. The van der Waals surface area contributed by atoms with E-state index in [-0.39, 0.29) is 30.0 Å². The largest absolute Gasteiger partial charge is 0.490 e. The number of likely N-dealkylation sites (tertiary alicyclic amines) is 1. The monoisotopic (exact) mass is 367 g/mol. The highest BCUT2D eigenvalue weighted by Gasteiger charge is 2.31. The number of hydrogen-bond acceptors (Lipinski definition) is 7. The first-order valence-electron chi connectivity index (χ1n) is 9.12. The minimum absolute atomic E-state index is 0.0908. The zero-order chi connectivity index (χ0) is 19.0. The molecule has 1 N–H and O–H groups in total. The Hall–Kier alpha value is -3.08. The number of benzene rings is 1. The maximum atomic E-state index is 12.4. The second-order valence-electron chi connectivity index (χ2n) is 7.24. The third-order valence-electron chi connectivity index (χ3n) is 4.84. The summed E-state index contributed by atoms with van der Waals surface area (Å²) in [6.45, 7) is 4.41. The van der Waals surface area contributed by atoms with Crippen molar-refractivity contribution in [3.8, 4) is 23.4 Å². The smallest absolute Gasteiger partial charge is 0.309 e. The number of amides is 1. The van der Waals surface area contributed by atoms with E-state index in [4.69, 9.17) is 14.4 Å². The quantitative estimate of drug-likeness (QED) is 0.808. The summed E-state index contributed by atoms with van der Waals surface area (Å²) in [5, 5.41) is 19.9. The van der Waals surface area contributed by atoms with Crippen LogP contribution in [-0.4, -0.2) is 45.7 Å². The molecule has 1 aromatic heterocycles. The average Bonchev–Trinajstić information content (AvgIpc) is 3.19. The highest BCUT2D eigenvalue weighted by atomic mass is 16.5. The van der Waals surface area contributed by atoms with Crippen LogP contribution in [0.15, 0.2) is 22.6 Å². The van der Waals surface area contributed by atoms with Crippen LogP contribution in [0.4, 0.5) is 0 Å². The van der Waals surface area contributed by atoms with Crippen LogP contribution in [0, 0.1) is 18.4 Å². The lowest BCUT2D eigenvalue weighted by molar-refractivity contribution is 0.0904.